The molecule has 0 spiro atoms. The summed E-state index contributed by atoms with van der Waals surface area (Å²) >= 11 is 1.65. The Kier molecular flexibility index (Phi) is 5.96. The Bertz CT molecular complexity index is 501. The van der Waals surface area contributed by atoms with Crippen molar-refractivity contribution < 1.29 is 0 Å². The lowest BCUT2D eigenvalue weighted by atomic mass is 9.90. The molecule has 4 heteroatoms. The predicted molar refractivity (Wildman–Crippen MR) is 90.8 cm³/mol. The number of rotatable bonds is 5. The van der Waals surface area contributed by atoms with E-state index in [0.29, 0.717) is 12.1 Å². The first-order valence-electron chi connectivity index (χ1n) is 7.80. The second kappa shape index (κ2) is 7.72. The zero-order valence-corrected chi connectivity index (χ0v) is 13.8. The highest BCUT2D eigenvalue weighted by Crippen LogP contribution is 2.33. The first-order valence-corrected chi connectivity index (χ1v) is 9.03. The summed E-state index contributed by atoms with van der Waals surface area (Å²) in [7, 11) is 0. The van der Waals surface area contributed by atoms with Crippen LogP contribution in [0.4, 0.5) is 5.69 Å². The highest BCUT2D eigenvalue weighted by atomic mass is 32.2. The molecule has 3 nitrogen and oxygen atoms in total. The topological polar surface area (TPSA) is 53.0 Å². The van der Waals surface area contributed by atoms with Crippen molar-refractivity contribution in [3.63, 3.8) is 0 Å². The molecule has 2 N–H and O–H groups in total. The van der Waals surface area contributed by atoms with E-state index in [1.165, 1.54) is 0 Å². The van der Waals surface area contributed by atoms with Crippen molar-refractivity contribution in [3.8, 4) is 6.07 Å². The number of hydrogen-bond donors (Lipinski definition) is 1. The van der Waals surface area contributed by atoms with Gasteiger partial charge in [0.05, 0.1) is 11.3 Å². The summed E-state index contributed by atoms with van der Waals surface area (Å²) in [5, 5.41) is 9.58. The number of thioether (sulfide) groups is 1. The lowest BCUT2D eigenvalue weighted by molar-refractivity contribution is 0.375. The molecule has 0 saturated heterocycles. The molecule has 0 atom stereocenters. The Balaban J connectivity index is 2.32. The van der Waals surface area contributed by atoms with Crippen LogP contribution in [0, 0.1) is 11.3 Å². The van der Waals surface area contributed by atoms with Gasteiger partial charge < -0.3 is 10.6 Å². The lowest BCUT2D eigenvalue weighted by Crippen LogP contribution is -2.41. The fourth-order valence-electron chi connectivity index (χ4n) is 3.20. The first kappa shape index (κ1) is 16.2. The van der Waals surface area contributed by atoms with Gasteiger partial charge in [-0.05, 0) is 50.5 Å². The van der Waals surface area contributed by atoms with E-state index in [1.54, 1.807) is 11.8 Å². The number of nitrogens with two attached hydrogens (primary N) is 1. The van der Waals surface area contributed by atoms with E-state index in [9.17, 15) is 5.26 Å². The smallest absolute Gasteiger partial charge is 0.103 e. The van der Waals surface area contributed by atoms with Crippen LogP contribution in [0.5, 0.6) is 0 Å². The number of nitrogens with zero attached hydrogens (tertiary/aromatic N) is 2. The monoisotopic (exact) mass is 303 g/mol. The third-order valence-corrected chi connectivity index (χ3v) is 5.07. The van der Waals surface area contributed by atoms with Crippen LogP contribution in [0.25, 0.3) is 0 Å². The molecular weight excluding hydrogens is 278 g/mol. The second-order valence-electron chi connectivity index (χ2n) is 5.73. The average Bonchev–Trinajstić information content (AvgIpc) is 2.52. The minimum atomic E-state index is 0.359. The fraction of sp³-hybridized carbons (Fsp3) is 0.588. The van der Waals surface area contributed by atoms with E-state index in [1.807, 2.05) is 12.3 Å². The molecule has 1 fully saturated rings. The summed E-state index contributed by atoms with van der Waals surface area (Å²) < 4.78 is 0. The molecule has 1 aromatic rings. The average molecular weight is 303 g/mol. The van der Waals surface area contributed by atoms with Crippen LogP contribution < -0.4 is 10.6 Å². The number of nitriles is 1. The van der Waals surface area contributed by atoms with Gasteiger partial charge in [0.15, 0.2) is 0 Å². The SMILES string of the molecule is CCCN(c1cccc(SC)c1C#N)C1CCC(N)CC1. The largest absolute Gasteiger partial charge is 0.367 e. The summed E-state index contributed by atoms with van der Waals surface area (Å²) in [5.74, 6) is 0. The molecule has 1 aliphatic rings. The molecule has 0 heterocycles. The van der Waals surface area contributed by atoms with Gasteiger partial charge in [0.1, 0.15) is 6.07 Å². The van der Waals surface area contributed by atoms with E-state index in [4.69, 9.17) is 5.73 Å². The van der Waals surface area contributed by atoms with Gasteiger partial charge in [-0.2, -0.15) is 5.26 Å². The van der Waals surface area contributed by atoms with Crippen molar-refractivity contribution in [3.05, 3.63) is 23.8 Å². The van der Waals surface area contributed by atoms with Crippen molar-refractivity contribution in [1.29, 1.82) is 5.26 Å². The third-order valence-electron chi connectivity index (χ3n) is 4.29. The lowest BCUT2D eigenvalue weighted by Gasteiger charge is -2.38. The van der Waals surface area contributed by atoms with Crippen LogP contribution in [-0.4, -0.2) is 24.9 Å². The standard InChI is InChI=1S/C17H25N3S/c1-3-11-20(14-9-7-13(19)8-10-14)16-5-4-6-17(21-2)15(16)12-18/h4-6,13-14H,3,7-11,19H2,1-2H3. The number of hydrogen-bond acceptors (Lipinski definition) is 4. The van der Waals surface area contributed by atoms with Crippen molar-refractivity contribution in [2.75, 3.05) is 17.7 Å². The highest BCUT2D eigenvalue weighted by Gasteiger charge is 2.26. The first-order chi connectivity index (χ1) is 10.2. The summed E-state index contributed by atoms with van der Waals surface area (Å²) in [4.78, 5) is 3.52. The Morgan fingerprint density at radius 3 is 2.62 bits per heavy atom. The maximum atomic E-state index is 9.58. The van der Waals surface area contributed by atoms with Gasteiger partial charge in [0.25, 0.3) is 0 Å². The minimum Gasteiger partial charge on any atom is -0.367 e. The summed E-state index contributed by atoms with van der Waals surface area (Å²) in [6, 6.07) is 9.50. The van der Waals surface area contributed by atoms with Crippen LogP contribution >= 0.6 is 11.8 Å². The van der Waals surface area contributed by atoms with Gasteiger partial charge in [0.2, 0.25) is 0 Å². The van der Waals surface area contributed by atoms with E-state index in [0.717, 1.165) is 54.8 Å². The van der Waals surface area contributed by atoms with Gasteiger partial charge >= 0.3 is 0 Å². The van der Waals surface area contributed by atoms with Crippen molar-refractivity contribution in [2.45, 2.75) is 56.0 Å². The summed E-state index contributed by atoms with van der Waals surface area (Å²) in [6.45, 7) is 3.21. The predicted octanol–water partition coefficient (Wildman–Crippen LogP) is 3.77. The zero-order valence-electron chi connectivity index (χ0n) is 13.0. The Morgan fingerprint density at radius 2 is 2.05 bits per heavy atom. The van der Waals surface area contributed by atoms with E-state index < -0.39 is 0 Å². The summed E-state index contributed by atoms with van der Waals surface area (Å²) in [5.41, 5.74) is 7.97. The molecule has 0 amide bonds. The highest BCUT2D eigenvalue weighted by molar-refractivity contribution is 7.98. The maximum absolute atomic E-state index is 9.58. The van der Waals surface area contributed by atoms with Crippen molar-refractivity contribution >= 4 is 17.4 Å². The molecule has 0 bridgehead atoms. The van der Waals surface area contributed by atoms with Crippen LogP contribution in [0.1, 0.15) is 44.6 Å². The third kappa shape index (κ3) is 3.72. The molecule has 2 rings (SSSR count). The van der Waals surface area contributed by atoms with Gasteiger partial charge in [-0.25, -0.2) is 0 Å². The minimum absolute atomic E-state index is 0.359. The molecule has 0 unspecified atom stereocenters. The second-order valence-corrected chi connectivity index (χ2v) is 6.58. The van der Waals surface area contributed by atoms with Crippen molar-refractivity contribution in [1.82, 2.24) is 0 Å². The molecular formula is C17H25N3S. The number of benzene rings is 1. The van der Waals surface area contributed by atoms with Crippen LogP contribution in [0.2, 0.25) is 0 Å². The normalized spacial score (nSPS) is 21.8. The summed E-state index contributed by atoms with van der Waals surface area (Å²) in [6.07, 6.45) is 7.58. The molecule has 114 valence electrons. The number of anilines is 1. The van der Waals surface area contributed by atoms with Crippen LogP contribution in [-0.2, 0) is 0 Å². The molecule has 1 aliphatic carbocycles. The molecule has 21 heavy (non-hydrogen) atoms. The zero-order chi connectivity index (χ0) is 15.2. The molecule has 0 aliphatic heterocycles. The molecule has 0 radical (unpaired) electrons. The molecule has 0 aromatic heterocycles. The van der Waals surface area contributed by atoms with E-state index >= 15 is 0 Å². The van der Waals surface area contributed by atoms with E-state index in [2.05, 4.69) is 30.0 Å². The Hall–Kier alpha value is -1.18. The van der Waals surface area contributed by atoms with Crippen LogP contribution in [0.3, 0.4) is 0 Å². The quantitative estimate of drug-likeness (QED) is 0.841. The van der Waals surface area contributed by atoms with Gasteiger partial charge in [-0.15, -0.1) is 11.8 Å². The van der Waals surface area contributed by atoms with Gasteiger partial charge in [-0.1, -0.05) is 13.0 Å². The van der Waals surface area contributed by atoms with Crippen molar-refractivity contribution in [2.24, 2.45) is 5.73 Å². The molecule has 1 aromatic carbocycles. The van der Waals surface area contributed by atoms with Gasteiger partial charge in [-0.3, -0.25) is 0 Å². The van der Waals surface area contributed by atoms with Crippen LogP contribution in [0.15, 0.2) is 23.1 Å². The fourth-order valence-corrected chi connectivity index (χ4v) is 3.76. The van der Waals surface area contributed by atoms with Gasteiger partial charge in [0, 0.05) is 23.5 Å². The van der Waals surface area contributed by atoms with E-state index in [-0.39, 0.29) is 0 Å². The maximum Gasteiger partial charge on any atom is 0.103 e. The Labute approximate surface area is 132 Å². The molecule has 1 saturated carbocycles. The Morgan fingerprint density at radius 1 is 1.33 bits per heavy atom.